The number of hydrogen-bond donors (Lipinski definition) is 0. The molecular formula is C19H20N4O8S. The first-order valence-corrected chi connectivity index (χ1v) is 11.0. The number of benzene rings is 2. The number of hydrogen-bond acceptors (Lipinski definition) is 8. The van der Waals surface area contributed by atoms with Crippen molar-refractivity contribution in [2.75, 3.05) is 32.8 Å². The minimum Gasteiger partial charge on any atom is -0.493 e. The van der Waals surface area contributed by atoms with Crippen LogP contribution in [0.1, 0.15) is 6.42 Å². The fourth-order valence-electron chi connectivity index (χ4n) is 3.16. The first-order valence-electron chi connectivity index (χ1n) is 9.58. The molecule has 1 fully saturated rings. The van der Waals surface area contributed by atoms with Crippen molar-refractivity contribution in [3.63, 3.8) is 0 Å². The van der Waals surface area contributed by atoms with Gasteiger partial charge in [0.2, 0.25) is 15.9 Å². The summed E-state index contributed by atoms with van der Waals surface area (Å²) in [7, 11) is -3.91. The third kappa shape index (κ3) is 5.36. The fourth-order valence-corrected chi connectivity index (χ4v) is 4.63. The number of carbonyl (C=O) groups is 1. The highest BCUT2D eigenvalue weighted by Gasteiger charge is 2.30. The first kappa shape index (κ1) is 23.1. The molecular weight excluding hydrogens is 444 g/mol. The number of ether oxygens (including phenoxy) is 1. The molecule has 32 heavy (non-hydrogen) atoms. The van der Waals surface area contributed by atoms with E-state index in [-0.39, 0.29) is 61.4 Å². The number of nitrogens with zero attached hydrogens (tertiary/aromatic N) is 4. The summed E-state index contributed by atoms with van der Waals surface area (Å²) in [6.45, 7) is 0.581. The van der Waals surface area contributed by atoms with Crippen LogP contribution >= 0.6 is 0 Å². The van der Waals surface area contributed by atoms with Gasteiger partial charge in [-0.2, -0.15) is 4.31 Å². The predicted molar refractivity (Wildman–Crippen MR) is 112 cm³/mol. The molecule has 0 spiro atoms. The summed E-state index contributed by atoms with van der Waals surface area (Å²) in [6.07, 6.45) is 0.0641. The maximum absolute atomic E-state index is 12.8. The summed E-state index contributed by atoms with van der Waals surface area (Å²) in [4.78, 5) is 34.1. The Morgan fingerprint density at radius 3 is 2.16 bits per heavy atom. The van der Waals surface area contributed by atoms with E-state index in [4.69, 9.17) is 4.74 Å². The molecule has 0 aromatic heterocycles. The Kier molecular flexibility index (Phi) is 7.00. The van der Waals surface area contributed by atoms with Crippen molar-refractivity contribution in [1.29, 1.82) is 0 Å². The lowest BCUT2D eigenvalue weighted by Gasteiger charge is -2.34. The SMILES string of the molecule is O=C(CCOc1ccc([N+](=O)[O-])cc1)N1CCN(S(=O)(=O)c2cccc([N+](=O)[O-])c2)CC1. The van der Waals surface area contributed by atoms with Gasteiger partial charge in [0.25, 0.3) is 11.4 Å². The van der Waals surface area contributed by atoms with Crippen LogP contribution < -0.4 is 4.74 Å². The van der Waals surface area contributed by atoms with Gasteiger partial charge >= 0.3 is 0 Å². The molecule has 0 radical (unpaired) electrons. The summed E-state index contributed by atoms with van der Waals surface area (Å²) >= 11 is 0. The van der Waals surface area contributed by atoms with Crippen molar-refractivity contribution in [2.45, 2.75) is 11.3 Å². The number of nitro groups is 2. The summed E-state index contributed by atoms with van der Waals surface area (Å²) in [5.41, 5.74) is -0.376. The lowest BCUT2D eigenvalue weighted by Crippen LogP contribution is -2.50. The predicted octanol–water partition coefficient (Wildman–Crippen LogP) is 1.81. The molecule has 13 heteroatoms. The molecule has 1 aliphatic heterocycles. The number of piperazine rings is 1. The third-order valence-electron chi connectivity index (χ3n) is 4.89. The number of carbonyl (C=O) groups excluding carboxylic acids is 1. The number of nitro benzene ring substituents is 2. The van der Waals surface area contributed by atoms with Gasteiger partial charge in [-0.1, -0.05) is 6.07 Å². The van der Waals surface area contributed by atoms with E-state index in [1.165, 1.54) is 51.7 Å². The van der Waals surface area contributed by atoms with E-state index in [1.807, 2.05) is 0 Å². The normalized spacial score (nSPS) is 14.7. The number of rotatable bonds is 8. The van der Waals surface area contributed by atoms with Gasteiger partial charge in [0.05, 0.1) is 27.8 Å². The molecule has 1 aliphatic rings. The molecule has 0 aliphatic carbocycles. The van der Waals surface area contributed by atoms with Gasteiger partial charge in [-0.25, -0.2) is 8.42 Å². The minimum absolute atomic E-state index is 0.0636. The van der Waals surface area contributed by atoms with Gasteiger partial charge in [-0.05, 0) is 18.2 Å². The first-order chi connectivity index (χ1) is 15.2. The number of non-ortho nitro benzene ring substituents is 2. The van der Waals surface area contributed by atoms with Crippen LogP contribution in [0, 0.1) is 20.2 Å². The van der Waals surface area contributed by atoms with E-state index in [2.05, 4.69) is 0 Å². The molecule has 0 N–H and O–H groups in total. The molecule has 12 nitrogen and oxygen atoms in total. The zero-order valence-electron chi connectivity index (χ0n) is 16.8. The Balaban J connectivity index is 1.50. The zero-order valence-corrected chi connectivity index (χ0v) is 17.6. The van der Waals surface area contributed by atoms with Crippen LogP contribution in [0.5, 0.6) is 5.75 Å². The fraction of sp³-hybridized carbons (Fsp3) is 0.316. The zero-order chi connectivity index (χ0) is 23.3. The molecule has 0 bridgehead atoms. The van der Waals surface area contributed by atoms with Crippen LogP contribution in [-0.4, -0.2) is 66.2 Å². The van der Waals surface area contributed by atoms with Crippen LogP contribution in [0.25, 0.3) is 0 Å². The van der Waals surface area contributed by atoms with Crippen molar-refractivity contribution in [3.8, 4) is 5.75 Å². The molecule has 1 saturated heterocycles. The van der Waals surface area contributed by atoms with Gasteiger partial charge in [0.1, 0.15) is 5.75 Å². The molecule has 3 rings (SSSR count). The topological polar surface area (TPSA) is 153 Å². The third-order valence-corrected chi connectivity index (χ3v) is 6.78. The molecule has 0 atom stereocenters. The van der Waals surface area contributed by atoms with Crippen molar-refractivity contribution in [3.05, 3.63) is 68.8 Å². The average Bonchev–Trinajstić information content (AvgIpc) is 2.79. The highest BCUT2D eigenvalue weighted by atomic mass is 32.2. The van der Waals surface area contributed by atoms with Gasteiger partial charge in [-0.15, -0.1) is 0 Å². The van der Waals surface area contributed by atoms with Crippen LogP contribution in [0.4, 0.5) is 11.4 Å². The Hall–Kier alpha value is -3.58. The largest absolute Gasteiger partial charge is 0.493 e. The van der Waals surface area contributed by atoms with E-state index >= 15 is 0 Å². The Labute approximate surface area is 183 Å². The van der Waals surface area contributed by atoms with Crippen molar-refractivity contribution < 1.29 is 27.8 Å². The second-order valence-corrected chi connectivity index (χ2v) is 8.83. The summed E-state index contributed by atoms with van der Waals surface area (Å²) in [5, 5.41) is 21.6. The number of sulfonamides is 1. The molecule has 1 heterocycles. The van der Waals surface area contributed by atoms with Gasteiger partial charge in [0, 0.05) is 50.4 Å². The molecule has 1 amide bonds. The van der Waals surface area contributed by atoms with Crippen molar-refractivity contribution in [1.82, 2.24) is 9.21 Å². The average molecular weight is 464 g/mol. The van der Waals surface area contributed by atoms with Crippen molar-refractivity contribution >= 4 is 27.3 Å². The monoisotopic (exact) mass is 464 g/mol. The quantitative estimate of drug-likeness (QED) is 0.423. The summed E-state index contributed by atoms with van der Waals surface area (Å²) in [6, 6.07) is 10.3. The maximum Gasteiger partial charge on any atom is 0.270 e. The van der Waals surface area contributed by atoms with E-state index in [1.54, 1.807) is 0 Å². The lowest BCUT2D eigenvalue weighted by atomic mass is 10.3. The van der Waals surface area contributed by atoms with Crippen LogP contribution in [0.15, 0.2) is 53.4 Å². The second-order valence-electron chi connectivity index (χ2n) is 6.89. The van der Waals surface area contributed by atoms with E-state index in [9.17, 15) is 33.4 Å². The molecule has 2 aromatic carbocycles. The van der Waals surface area contributed by atoms with E-state index in [0.717, 1.165) is 6.07 Å². The van der Waals surface area contributed by atoms with E-state index in [0.29, 0.717) is 5.75 Å². The molecule has 2 aromatic rings. The smallest absolute Gasteiger partial charge is 0.270 e. The van der Waals surface area contributed by atoms with E-state index < -0.39 is 19.9 Å². The molecule has 170 valence electrons. The lowest BCUT2D eigenvalue weighted by molar-refractivity contribution is -0.385. The molecule has 0 unspecified atom stereocenters. The van der Waals surface area contributed by atoms with Crippen LogP contribution in [0.2, 0.25) is 0 Å². The summed E-state index contributed by atoms with van der Waals surface area (Å²) < 4.78 is 32.2. The van der Waals surface area contributed by atoms with Crippen molar-refractivity contribution in [2.24, 2.45) is 0 Å². The summed E-state index contributed by atoms with van der Waals surface area (Å²) in [5.74, 6) is 0.190. The Morgan fingerprint density at radius 2 is 1.56 bits per heavy atom. The minimum atomic E-state index is -3.91. The highest BCUT2D eigenvalue weighted by molar-refractivity contribution is 7.89. The second kappa shape index (κ2) is 9.70. The van der Waals surface area contributed by atoms with Gasteiger partial charge < -0.3 is 9.64 Å². The van der Waals surface area contributed by atoms with Crippen LogP contribution in [-0.2, 0) is 14.8 Å². The highest BCUT2D eigenvalue weighted by Crippen LogP contribution is 2.22. The standard InChI is InChI=1S/C19H20N4O8S/c24-19(8-13-31-17-6-4-15(5-7-17)22(25)26)20-9-11-21(12-10-20)32(29,30)18-3-1-2-16(14-18)23(27)28/h1-7,14H,8-13H2. The maximum atomic E-state index is 12.8. The Morgan fingerprint density at radius 1 is 0.938 bits per heavy atom. The molecule has 0 saturated carbocycles. The van der Waals surface area contributed by atoms with Crippen LogP contribution in [0.3, 0.4) is 0 Å². The van der Waals surface area contributed by atoms with Gasteiger partial charge in [0.15, 0.2) is 0 Å². The Bertz CT molecular complexity index is 1110. The van der Waals surface area contributed by atoms with Gasteiger partial charge in [-0.3, -0.25) is 25.0 Å². The number of amides is 1.